The van der Waals surface area contributed by atoms with Crippen LogP contribution < -0.4 is 10.6 Å². The molecule has 6 heteroatoms. The van der Waals surface area contributed by atoms with Gasteiger partial charge in [0.25, 0.3) is 0 Å². The lowest BCUT2D eigenvalue weighted by Gasteiger charge is -2.09. The van der Waals surface area contributed by atoms with Crippen LogP contribution in [0.1, 0.15) is 19.4 Å². The Kier molecular flexibility index (Phi) is 9.09. The average Bonchev–Trinajstić information content (AvgIpc) is 2.28. The lowest BCUT2D eigenvalue weighted by molar-refractivity contribution is 0.610. The van der Waals surface area contributed by atoms with Crippen LogP contribution in [0.4, 0.5) is 4.39 Å². The van der Waals surface area contributed by atoms with Crippen LogP contribution in [-0.4, -0.2) is 19.0 Å². The highest BCUT2D eigenvalue weighted by molar-refractivity contribution is 14.0. The molecular weight excluding hydrogens is 368 g/mol. The smallest absolute Gasteiger partial charge is 0.191 e. The van der Waals surface area contributed by atoms with Crippen molar-refractivity contribution in [3.63, 3.8) is 0 Å². The molecular formula is C12H18ClFIN3. The molecule has 0 saturated carbocycles. The van der Waals surface area contributed by atoms with Crippen molar-refractivity contribution in [2.75, 3.05) is 13.1 Å². The van der Waals surface area contributed by atoms with Gasteiger partial charge in [0.2, 0.25) is 0 Å². The van der Waals surface area contributed by atoms with Crippen LogP contribution in [0.2, 0.25) is 5.02 Å². The van der Waals surface area contributed by atoms with Gasteiger partial charge in [0, 0.05) is 23.7 Å². The largest absolute Gasteiger partial charge is 0.357 e. The summed E-state index contributed by atoms with van der Waals surface area (Å²) >= 11 is 5.68. The predicted octanol–water partition coefficient (Wildman–Crippen LogP) is 3.17. The van der Waals surface area contributed by atoms with Crippen LogP contribution in [0, 0.1) is 5.82 Å². The van der Waals surface area contributed by atoms with Crippen molar-refractivity contribution in [1.29, 1.82) is 0 Å². The summed E-state index contributed by atoms with van der Waals surface area (Å²) in [6.07, 6.45) is 0. The molecule has 0 saturated heterocycles. The lowest BCUT2D eigenvalue weighted by atomic mass is 10.2. The second-order valence-electron chi connectivity index (χ2n) is 3.46. The summed E-state index contributed by atoms with van der Waals surface area (Å²) in [6, 6.07) is 4.61. The quantitative estimate of drug-likeness (QED) is 0.474. The van der Waals surface area contributed by atoms with Gasteiger partial charge >= 0.3 is 0 Å². The number of nitrogens with one attached hydrogen (secondary N) is 2. The lowest BCUT2D eigenvalue weighted by Crippen LogP contribution is -2.37. The van der Waals surface area contributed by atoms with E-state index in [1.165, 1.54) is 6.07 Å². The van der Waals surface area contributed by atoms with Crippen LogP contribution in [0.25, 0.3) is 0 Å². The number of nitrogens with zero attached hydrogens (tertiary/aromatic N) is 1. The Bertz CT molecular complexity index is 391. The van der Waals surface area contributed by atoms with Gasteiger partial charge < -0.3 is 10.6 Å². The molecule has 0 amide bonds. The first kappa shape index (κ1) is 17.4. The Morgan fingerprint density at radius 3 is 2.39 bits per heavy atom. The fraction of sp³-hybridized carbons (Fsp3) is 0.417. The third kappa shape index (κ3) is 5.86. The highest BCUT2D eigenvalue weighted by Gasteiger charge is 2.02. The highest BCUT2D eigenvalue weighted by atomic mass is 127. The van der Waals surface area contributed by atoms with Gasteiger partial charge in [-0.05, 0) is 26.0 Å². The van der Waals surface area contributed by atoms with Crippen molar-refractivity contribution in [3.8, 4) is 0 Å². The van der Waals surface area contributed by atoms with Crippen molar-refractivity contribution in [2.45, 2.75) is 20.4 Å². The summed E-state index contributed by atoms with van der Waals surface area (Å²) < 4.78 is 13.5. The molecule has 1 aromatic rings. The van der Waals surface area contributed by atoms with Gasteiger partial charge in [-0.25, -0.2) is 9.38 Å². The number of benzene rings is 1. The van der Waals surface area contributed by atoms with Gasteiger partial charge in [0.1, 0.15) is 5.82 Å². The molecule has 0 spiro atoms. The van der Waals surface area contributed by atoms with E-state index < -0.39 is 0 Å². The summed E-state index contributed by atoms with van der Waals surface area (Å²) in [7, 11) is 0. The third-order valence-electron chi connectivity index (χ3n) is 2.11. The minimum absolute atomic E-state index is 0. The van der Waals surface area contributed by atoms with E-state index in [1.807, 2.05) is 13.8 Å². The van der Waals surface area contributed by atoms with Crippen LogP contribution in [0.3, 0.4) is 0 Å². The van der Waals surface area contributed by atoms with Gasteiger partial charge in [0.05, 0.1) is 6.54 Å². The van der Waals surface area contributed by atoms with Crippen LogP contribution >= 0.6 is 35.6 Å². The van der Waals surface area contributed by atoms with E-state index in [0.29, 0.717) is 23.1 Å². The summed E-state index contributed by atoms with van der Waals surface area (Å²) in [6.45, 7) is 5.80. The molecule has 0 heterocycles. The molecule has 0 bridgehead atoms. The zero-order valence-electron chi connectivity index (χ0n) is 10.5. The van der Waals surface area contributed by atoms with Crippen molar-refractivity contribution in [1.82, 2.24) is 10.6 Å². The first-order valence-corrected chi connectivity index (χ1v) is 6.01. The highest BCUT2D eigenvalue weighted by Crippen LogP contribution is 2.15. The van der Waals surface area contributed by atoms with Crippen LogP contribution in [0.15, 0.2) is 23.2 Å². The average molecular weight is 386 g/mol. The Morgan fingerprint density at radius 1 is 1.28 bits per heavy atom. The second-order valence-corrected chi connectivity index (χ2v) is 3.90. The van der Waals surface area contributed by atoms with E-state index in [9.17, 15) is 4.39 Å². The molecule has 0 aliphatic carbocycles. The Hall–Kier alpha value is -0.560. The molecule has 0 aliphatic heterocycles. The zero-order chi connectivity index (χ0) is 12.7. The van der Waals surface area contributed by atoms with Gasteiger partial charge in [-0.1, -0.05) is 17.7 Å². The summed E-state index contributed by atoms with van der Waals surface area (Å²) in [5, 5.41) is 6.55. The number of hydrogen-bond donors (Lipinski definition) is 2. The normalized spacial score (nSPS) is 9.33. The van der Waals surface area contributed by atoms with E-state index >= 15 is 0 Å². The minimum atomic E-state index is -0.325. The van der Waals surface area contributed by atoms with Gasteiger partial charge in [-0.2, -0.15) is 0 Å². The van der Waals surface area contributed by atoms with E-state index in [1.54, 1.807) is 12.1 Å². The fourth-order valence-corrected chi connectivity index (χ4v) is 1.48. The topological polar surface area (TPSA) is 36.4 Å². The van der Waals surface area contributed by atoms with Crippen molar-refractivity contribution in [3.05, 3.63) is 34.6 Å². The molecule has 1 aromatic carbocycles. The first-order chi connectivity index (χ1) is 8.17. The third-order valence-corrected chi connectivity index (χ3v) is 2.35. The maximum Gasteiger partial charge on any atom is 0.191 e. The number of guanidine groups is 1. The Morgan fingerprint density at radius 2 is 1.89 bits per heavy atom. The standard InChI is InChI=1S/C12H17ClFN3.HI/c1-3-15-12(16-4-2)17-8-9-5-6-10(13)7-11(9)14;/h5-7H,3-4,8H2,1-2H3,(H2,15,16,17);1H. The van der Waals surface area contributed by atoms with Crippen molar-refractivity contribution >= 4 is 41.5 Å². The molecule has 0 unspecified atom stereocenters. The molecule has 0 aliphatic rings. The molecule has 0 fully saturated rings. The van der Waals surface area contributed by atoms with Crippen LogP contribution in [-0.2, 0) is 6.54 Å². The zero-order valence-corrected chi connectivity index (χ0v) is 13.6. The first-order valence-electron chi connectivity index (χ1n) is 5.63. The number of halogens is 3. The van der Waals surface area contributed by atoms with Gasteiger partial charge in [-0.3, -0.25) is 0 Å². The number of hydrogen-bond acceptors (Lipinski definition) is 1. The fourth-order valence-electron chi connectivity index (χ4n) is 1.32. The Balaban J connectivity index is 0.00000289. The molecule has 0 radical (unpaired) electrons. The molecule has 3 nitrogen and oxygen atoms in total. The molecule has 102 valence electrons. The second kappa shape index (κ2) is 9.38. The van der Waals surface area contributed by atoms with E-state index in [-0.39, 0.29) is 29.8 Å². The van der Waals surface area contributed by atoms with Crippen molar-refractivity contribution < 1.29 is 4.39 Å². The van der Waals surface area contributed by atoms with Gasteiger partial charge in [0.15, 0.2) is 5.96 Å². The minimum Gasteiger partial charge on any atom is -0.357 e. The number of rotatable bonds is 4. The predicted molar refractivity (Wildman–Crippen MR) is 85.3 cm³/mol. The monoisotopic (exact) mass is 385 g/mol. The molecule has 0 aromatic heterocycles. The summed E-state index contributed by atoms with van der Waals surface area (Å²) in [5.41, 5.74) is 0.530. The van der Waals surface area contributed by atoms with E-state index in [4.69, 9.17) is 11.6 Å². The molecule has 0 atom stereocenters. The summed E-state index contributed by atoms with van der Waals surface area (Å²) in [4.78, 5) is 4.28. The van der Waals surface area contributed by atoms with Gasteiger partial charge in [-0.15, -0.1) is 24.0 Å². The van der Waals surface area contributed by atoms with Crippen LogP contribution in [0.5, 0.6) is 0 Å². The molecule has 18 heavy (non-hydrogen) atoms. The van der Waals surface area contributed by atoms with Crippen molar-refractivity contribution in [2.24, 2.45) is 4.99 Å². The molecule has 1 rings (SSSR count). The SMILES string of the molecule is CCNC(=NCc1ccc(Cl)cc1F)NCC.I. The molecule has 2 N–H and O–H groups in total. The van der Waals surface area contributed by atoms with E-state index in [2.05, 4.69) is 15.6 Å². The Labute approximate surface area is 129 Å². The number of aliphatic imine (C=N–C) groups is 1. The maximum absolute atomic E-state index is 13.5. The summed E-state index contributed by atoms with van der Waals surface area (Å²) in [5.74, 6) is 0.359. The van der Waals surface area contributed by atoms with E-state index in [0.717, 1.165) is 13.1 Å². The maximum atomic E-state index is 13.5.